The molecule has 4 heteroatoms. The summed E-state index contributed by atoms with van der Waals surface area (Å²) < 4.78 is 26.0. The van der Waals surface area contributed by atoms with Crippen LogP contribution in [0.25, 0.3) is 0 Å². The Morgan fingerprint density at radius 1 is 1.27 bits per heavy atom. The lowest BCUT2D eigenvalue weighted by Crippen LogP contribution is -2.40. The molecule has 0 aliphatic heterocycles. The molecule has 0 spiro atoms. The zero-order valence-corrected chi connectivity index (χ0v) is 12.9. The van der Waals surface area contributed by atoms with Crippen molar-refractivity contribution in [3.05, 3.63) is 35.4 Å². The number of hydrogen-bond acceptors (Lipinski definition) is 1. The van der Waals surface area contributed by atoms with Crippen molar-refractivity contribution in [3.8, 4) is 0 Å². The number of carbonyl (C=O) groups is 1. The molecule has 4 unspecified atom stereocenters. The molecule has 2 nitrogen and oxygen atoms in total. The molecule has 1 amide bonds. The summed E-state index contributed by atoms with van der Waals surface area (Å²) in [6, 6.07) is 4.03. The molecule has 4 atom stereocenters. The smallest absolute Gasteiger partial charge is 0.220 e. The number of benzene rings is 1. The Bertz CT molecular complexity index is 560. The summed E-state index contributed by atoms with van der Waals surface area (Å²) in [5, 5.41) is 3.10. The predicted octanol–water partition coefficient (Wildman–Crippen LogP) is 3.84. The minimum Gasteiger partial charge on any atom is -0.353 e. The van der Waals surface area contributed by atoms with Gasteiger partial charge < -0.3 is 5.32 Å². The largest absolute Gasteiger partial charge is 0.353 e. The molecule has 1 aromatic rings. The molecule has 1 N–H and O–H groups in total. The van der Waals surface area contributed by atoms with Crippen molar-refractivity contribution in [2.45, 2.75) is 51.5 Å². The summed E-state index contributed by atoms with van der Waals surface area (Å²) in [4.78, 5) is 12.1. The molecular formula is C18H23F2NO. The Kier molecular flexibility index (Phi) is 4.46. The van der Waals surface area contributed by atoms with E-state index in [0.717, 1.165) is 17.9 Å². The number of rotatable bonds is 5. The van der Waals surface area contributed by atoms with E-state index < -0.39 is 11.6 Å². The molecule has 22 heavy (non-hydrogen) atoms. The quantitative estimate of drug-likeness (QED) is 0.880. The van der Waals surface area contributed by atoms with E-state index in [1.165, 1.54) is 37.8 Å². The minimum atomic E-state index is -0.853. The van der Waals surface area contributed by atoms with Crippen LogP contribution < -0.4 is 5.32 Å². The topological polar surface area (TPSA) is 29.1 Å². The summed E-state index contributed by atoms with van der Waals surface area (Å²) >= 11 is 0. The van der Waals surface area contributed by atoms with Crippen LogP contribution in [0.4, 0.5) is 8.78 Å². The Morgan fingerprint density at radius 3 is 2.73 bits per heavy atom. The van der Waals surface area contributed by atoms with Crippen molar-refractivity contribution in [1.82, 2.24) is 5.32 Å². The van der Waals surface area contributed by atoms with Gasteiger partial charge in [-0.3, -0.25) is 4.79 Å². The van der Waals surface area contributed by atoms with Gasteiger partial charge in [-0.15, -0.1) is 0 Å². The SMILES string of the molecule is CC(NC(=O)CCc1ccc(F)c(F)c1)C1CC2CCC1C2. The van der Waals surface area contributed by atoms with Crippen molar-refractivity contribution in [2.75, 3.05) is 0 Å². The lowest BCUT2D eigenvalue weighted by Gasteiger charge is -2.28. The second-order valence-corrected chi connectivity index (χ2v) is 6.94. The van der Waals surface area contributed by atoms with Gasteiger partial charge in [-0.2, -0.15) is 0 Å². The minimum absolute atomic E-state index is 0.00000614. The molecule has 2 bridgehead atoms. The highest BCUT2D eigenvalue weighted by atomic mass is 19.2. The molecular weight excluding hydrogens is 284 g/mol. The maximum atomic E-state index is 13.1. The van der Waals surface area contributed by atoms with E-state index in [2.05, 4.69) is 12.2 Å². The third kappa shape index (κ3) is 3.31. The number of carbonyl (C=O) groups excluding carboxylic acids is 1. The second kappa shape index (κ2) is 6.35. The fraction of sp³-hybridized carbons (Fsp3) is 0.611. The first-order valence-electron chi connectivity index (χ1n) is 8.26. The van der Waals surface area contributed by atoms with Gasteiger partial charge in [0.2, 0.25) is 5.91 Å². The number of halogens is 2. The first-order valence-corrected chi connectivity index (χ1v) is 8.26. The molecule has 2 aliphatic rings. The Hall–Kier alpha value is -1.45. The molecule has 0 aromatic heterocycles. The van der Waals surface area contributed by atoms with Crippen molar-refractivity contribution in [1.29, 1.82) is 0 Å². The maximum Gasteiger partial charge on any atom is 0.220 e. The molecule has 3 rings (SSSR count). The highest BCUT2D eigenvalue weighted by molar-refractivity contribution is 5.76. The number of aryl methyl sites for hydroxylation is 1. The Labute approximate surface area is 130 Å². The zero-order chi connectivity index (χ0) is 15.7. The Balaban J connectivity index is 1.47. The van der Waals surface area contributed by atoms with Crippen LogP contribution in [0.5, 0.6) is 0 Å². The standard InChI is InChI=1S/C18H23F2NO/c1-11(15-9-13-2-5-14(15)8-13)21-18(22)7-4-12-3-6-16(19)17(20)10-12/h3,6,10-11,13-15H,2,4-5,7-9H2,1H3,(H,21,22). The van der Waals surface area contributed by atoms with Crippen LogP contribution in [0.2, 0.25) is 0 Å². The predicted molar refractivity (Wildman–Crippen MR) is 81.2 cm³/mol. The first-order chi connectivity index (χ1) is 10.5. The second-order valence-electron chi connectivity index (χ2n) is 6.94. The van der Waals surface area contributed by atoms with E-state index in [0.29, 0.717) is 24.3 Å². The van der Waals surface area contributed by atoms with Crippen molar-refractivity contribution < 1.29 is 13.6 Å². The molecule has 2 saturated carbocycles. The van der Waals surface area contributed by atoms with E-state index in [1.54, 1.807) is 0 Å². The third-order valence-electron chi connectivity index (χ3n) is 5.45. The van der Waals surface area contributed by atoms with Crippen molar-refractivity contribution in [2.24, 2.45) is 17.8 Å². The molecule has 0 radical (unpaired) electrons. The van der Waals surface area contributed by atoms with Crippen LogP contribution in [0.1, 0.15) is 44.6 Å². The highest BCUT2D eigenvalue weighted by Crippen LogP contribution is 2.49. The fourth-order valence-electron chi connectivity index (χ4n) is 4.29. The van der Waals surface area contributed by atoms with Gasteiger partial charge in [-0.05, 0) is 68.1 Å². The van der Waals surface area contributed by atoms with Crippen LogP contribution in [-0.4, -0.2) is 11.9 Å². The van der Waals surface area contributed by atoms with Crippen LogP contribution in [0.15, 0.2) is 18.2 Å². The molecule has 2 fully saturated rings. The first kappa shape index (κ1) is 15.4. The molecule has 0 heterocycles. The summed E-state index contributed by atoms with van der Waals surface area (Å²) in [6.07, 6.45) is 6.00. The summed E-state index contributed by atoms with van der Waals surface area (Å²) in [5.74, 6) is 0.570. The number of nitrogens with one attached hydrogen (secondary N) is 1. The lowest BCUT2D eigenvalue weighted by atomic mass is 9.84. The fourth-order valence-corrected chi connectivity index (χ4v) is 4.29. The van der Waals surface area contributed by atoms with Gasteiger partial charge in [-0.25, -0.2) is 8.78 Å². The summed E-state index contributed by atoms with van der Waals surface area (Å²) in [6.45, 7) is 2.10. The highest BCUT2D eigenvalue weighted by Gasteiger charge is 2.42. The summed E-state index contributed by atoms with van der Waals surface area (Å²) in [7, 11) is 0. The van der Waals surface area contributed by atoms with E-state index in [4.69, 9.17) is 0 Å². The normalized spacial score (nSPS) is 27.9. The average molecular weight is 307 g/mol. The van der Waals surface area contributed by atoms with Gasteiger partial charge in [0.05, 0.1) is 0 Å². The number of fused-ring (bicyclic) bond motifs is 2. The van der Waals surface area contributed by atoms with E-state index in [1.807, 2.05) is 0 Å². The van der Waals surface area contributed by atoms with Gasteiger partial charge in [0.15, 0.2) is 11.6 Å². The monoisotopic (exact) mass is 307 g/mol. The van der Waals surface area contributed by atoms with Gasteiger partial charge in [-0.1, -0.05) is 12.5 Å². The van der Waals surface area contributed by atoms with Crippen LogP contribution in [-0.2, 0) is 11.2 Å². The third-order valence-corrected chi connectivity index (χ3v) is 5.45. The van der Waals surface area contributed by atoms with Crippen molar-refractivity contribution >= 4 is 5.91 Å². The van der Waals surface area contributed by atoms with Crippen LogP contribution in [0, 0.1) is 29.4 Å². The van der Waals surface area contributed by atoms with Crippen LogP contribution >= 0.6 is 0 Å². The zero-order valence-electron chi connectivity index (χ0n) is 12.9. The number of amides is 1. The number of hydrogen-bond donors (Lipinski definition) is 1. The van der Waals surface area contributed by atoms with Gasteiger partial charge in [0.25, 0.3) is 0 Å². The van der Waals surface area contributed by atoms with Gasteiger partial charge >= 0.3 is 0 Å². The van der Waals surface area contributed by atoms with Crippen LogP contribution in [0.3, 0.4) is 0 Å². The van der Waals surface area contributed by atoms with Gasteiger partial charge in [0, 0.05) is 12.5 Å². The molecule has 2 aliphatic carbocycles. The van der Waals surface area contributed by atoms with E-state index in [-0.39, 0.29) is 11.9 Å². The van der Waals surface area contributed by atoms with Crippen molar-refractivity contribution in [3.63, 3.8) is 0 Å². The lowest BCUT2D eigenvalue weighted by molar-refractivity contribution is -0.122. The molecule has 120 valence electrons. The van der Waals surface area contributed by atoms with E-state index in [9.17, 15) is 13.6 Å². The average Bonchev–Trinajstić information content (AvgIpc) is 3.11. The van der Waals surface area contributed by atoms with Gasteiger partial charge in [0.1, 0.15) is 0 Å². The molecule has 1 aromatic carbocycles. The maximum absolute atomic E-state index is 13.1. The van der Waals surface area contributed by atoms with E-state index >= 15 is 0 Å². The molecule has 0 saturated heterocycles. The Morgan fingerprint density at radius 2 is 2.09 bits per heavy atom. The summed E-state index contributed by atoms with van der Waals surface area (Å²) in [5.41, 5.74) is 0.654.